The third-order valence-electron chi connectivity index (χ3n) is 4.28. The summed E-state index contributed by atoms with van der Waals surface area (Å²) in [6.07, 6.45) is 2.25. The summed E-state index contributed by atoms with van der Waals surface area (Å²) in [5, 5.41) is 6.71. The molecule has 0 amide bonds. The van der Waals surface area contributed by atoms with E-state index in [-0.39, 0.29) is 5.82 Å². The highest BCUT2D eigenvalue weighted by molar-refractivity contribution is 5.79. The van der Waals surface area contributed by atoms with Crippen molar-refractivity contribution >= 4 is 5.96 Å². The molecule has 0 unspecified atom stereocenters. The maximum atomic E-state index is 13.1. The van der Waals surface area contributed by atoms with Gasteiger partial charge in [-0.1, -0.05) is 6.07 Å². The molecule has 0 aromatic heterocycles. The van der Waals surface area contributed by atoms with Gasteiger partial charge in [-0.2, -0.15) is 0 Å². The SMILES string of the molecule is CN=C(NCCOc1cccc(F)c1)NC1CCN(C(C)C)CC1. The Morgan fingerprint density at radius 3 is 2.75 bits per heavy atom. The van der Waals surface area contributed by atoms with E-state index >= 15 is 0 Å². The lowest BCUT2D eigenvalue weighted by Crippen LogP contribution is -2.50. The molecule has 0 radical (unpaired) electrons. The van der Waals surface area contributed by atoms with Gasteiger partial charge in [0.1, 0.15) is 18.2 Å². The molecule has 1 heterocycles. The number of nitrogens with zero attached hydrogens (tertiary/aromatic N) is 2. The fraction of sp³-hybridized carbons (Fsp3) is 0.611. The molecule has 1 fully saturated rings. The smallest absolute Gasteiger partial charge is 0.191 e. The number of hydrogen-bond donors (Lipinski definition) is 2. The van der Waals surface area contributed by atoms with Gasteiger partial charge in [-0.25, -0.2) is 4.39 Å². The predicted molar refractivity (Wildman–Crippen MR) is 96.1 cm³/mol. The van der Waals surface area contributed by atoms with Gasteiger partial charge in [-0.3, -0.25) is 4.99 Å². The fourth-order valence-corrected chi connectivity index (χ4v) is 2.84. The standard InChI is InChI=1S/C18H29FN4O/c1-14(2)23-10-7-16(8-11-23)22-18(20-3)21-9-12-24-17-6-4-5-15(19)13-17/h4-6,13-14,16H,7-12H2,1-3H3,(H2,20,21,22). The fourth-order valence-electron chi connectivity index (χ4n) is 2.84. The Hall–Kier alpha value is -1.82. The monoisotopic (exact) mass is 336 g/mol. The summed E-state index contributed by atoms with van der Waals surface area (Å²) in [7, 11) is 1.77. The minimum absolute atomic E-state index is 0.286. The molecule has 5 nitrogen and oxygen atoms in total. The van der Waals surface area contributed by atoms with Crippen LogP contribution in [-0.4, -0.2) is 56.2 Å². The Morgan fingerprint density at radius 1 is 1.38 bits per heavy atom. The molecular formula is C18H29FN4O. The summed E-state index contributed by atoms with van der Waals surface area (Å²) in [4.78, 5) is 6.76. The third-order valence-corrected chi connectivity index (χ3v) is 4.28. The van der Waals surface area contributed by atoms with Gasteiger partial charge in [0.05, 0.1) is 6.54 Å². The first-order valence-electron chi connectivity index (χ1n) is 8.68. The van der Waals surface area contributed by atoms with Gasteiger partial charge in [0.15, 0.2) is 5.96 Å². The van der Waals surface area contributed by atoms with E-state index in [9.17, 15) is 4.39 Å². The number of ether oxygens (including phenoxy) is 1. The molecule has 2 N–H and O–H groups in total. The molecule has 0 bridgehead atoms. The molecule has 1 aromatic rings. The second-order valence-electron chi connectivity index (χ2n) is 6.35. The summed E-state index contributed by atoms with van der Waals surface area (Å²) in [6, 6.07) is 7.25. The van der Waals surface area contributed by atoms with E-state index in [0.29, 0.717) is 31.0 Å². The van der Waals surface area contributed by atoms with Crippen LogP contribution in [0.5, 0.6) is 5.75 Å². The van der Waals surface area contributed by atoms with Crippen LogP contribution in [0.3, 0.4) is 0 Å². The van der Waals surface area contributed by atoms with E-state index < -0.39 is 0 Å². The maximum absolute atomic E-state index is 13.1. The number of benzene rings is 1. The van der Waals surface area contributed by atoms with Crippen molar-refractivity contribution in [2.24, 2.45) is 4.99 Å². The lowest BCUT2D eigenvalue weighted by Gasteiger charge is -2.35. The Bertz CT molecular complexity index is 528. The van der Waals surface area contributed by atoms with Crippen LogP contribution in [0, 0.1) is 5.82 Å². The van der Waals surface area contributed by atoms with E-state index in [1.54, 1.807) is 19.2 Å². The van der Waals surface area contributed by atoms with E-state index in [1.807, 2.05) is 0 Å². The molecule has 134 valence electrons. The van der Waals surface area contributed by atoms with Crippen molar-refractivity contribution in [2.45, 2.75) is 38.8 Å². The summed E-state index contributed by atoms with van der Waals surface area (Å²) in [5.74, 6) is 1.05. The lowest BCUT2D eigenvalue weighted by molar-refractivity contribution is 0.167. The molecule has 6 heteroatoms. The first kappa shape index (κ1) is 18.5. The molecule has 0 atom stereocenters. The van der Waals surface area contributed by atoms with Crippen molar-refractivity contribution < 1.29 is 9.13 Å². The normalized spacial score (nSPS) is 17.1. The van der Waals surface area contributed by atoms with Gasteiger partial charge in [0, 0.05) is 38.3 Å². The van der Waals surface area contributed by atoms with Gasteiger partial charge >= 0.3 is 0 Å². The Labute approximate surface area is 144 Å². The summed E-state index contributed by atoms with van der Waals surface area (Å²) >= 11 is 0. The first-order chi connectivity index (χ1) is 11.6. The Balaban J connectivity index is 1.66. The average Bonchev–Trinajstić information content (AvgIpc) is 2.58. The van der Waals surface area contributed by atoms with Gasteiger partial charge in [0.2, 0.25) is 0 Å². The molecule has 2 rings (SSSR count). The average molecular weight is 336 g/mol. The number of likely N-dealkylation sites (tertiary alicyclic amines) is 1. The topological polar surface area (TPSA) is 48.9 Å². The molecule has 0 aliphatic carbocycles. The van der Waals surface area contributed by atoms with E-state index in [2.05, 4.69) is 34.4 Å². The number of aliphatic imine (C=N–C) groups is 1. The zero-order chi connectivity index (χ0) is 17.4. The van der Waals surface area contributed by atoms with Crippen LogP contribution >= 0.6 is 0 Å². The zero-order valence-corrected chi connectivity index (χ0v) is 14.9. The second-order valence-corrected chi connectivity index (χ2v) is 6.35. The predicted octanol–water partition coefficient (Wildman–Crippen LogP) is 2.24. The van der Waals surface area contributed by atoms with Crippen molar-refractivity contribution in [1.82, 2.24) is 15.5 Å². The van der Waals surface area contributed by atoms with Crippen LogP contribution < -0.4 is 15.4 Å². The highest BCUT2D eigenvalue weighted by Gasteiger charge is 2.21. The van der Waals surface area contributed by atoms with Crippen LogP contribution in [0.15, 0.2) is 29.3 Å². The Kier molecular flexibility index (Phi) is 7.31. The largest absolute Gasteiger partial charge is 0.492 e. The number of guanidine groups is 1. The highest BCUT2D eigenvalue weighted by atomic mass is 19.1. The molecule has 1 saturated heterocycles. The lowest BCUT2D eigenvalue weighted by atomic mass is 10.0. The van der Waals surface area contributed by atoms with Gasteiger partial charge in [0.25, 0.3) is 0 Å². The van der Waals surface area contributed by atoms with E-state index in [4.69, 9.17) is 4.74 Å². The number of nitrogens with one attached hydrogen (secondary N) is 2. The number of halogens is 1. The maximum Gasteiger partial charge on any atom is 0.191 e. The van der Waals surface area contributed by atoms with Crippen LogP contribution in [0.4, 0.5) is 4.39 Å². The van der Waals surface area contributed by atoms with Crippen molar-refractivity contribution in [2.75, 3.05) is 33.3 Å². The highest BCUT2D eigenvalue weighted by Crippen LogP contribution is 2.13. The van der Waals surface area contributed by atoms with Crippen molar-refractivity contribution in [3.8, 4) is 5.75 Å². The molecule has 1 aliphatic heterocycles. The van der Waals surface area contributed by atoms with Crippen LogP contribution in [0.25, 0.3) is 0 Å². The minimum atomic E-state index is -0.286. The molecule has 24 heavy (non-hydrogen) atoms. The summed E-state index contributed by atoms with van der Waals surface area (Å²) in [5.41, 5.74) is 0. The number of rotatable bonds is 6. The van der Waals surface area contributed by atoms with Gasteiger partial charge in [-0.15, -0.1) is 0 Å². The van der Waals surface area contributed by atoms with Crippen molar-refractivity contribution in [1.29, 1.82) is 0 Å². The number of piperidine rings is 1. The van der Waals surface area contributed by atoms with Crippen LogP contribution in [-0.2, 0) is 0 Å². The molecule has 0 spiro atoms. The minimum Gasteiger partial charge on any atom is -0.492 e. The van der Waals surface area contributed by atoms with Gasteiger partial charge in [-0.05, 0) is 38.8 Å². The third kappa shape index (κ3) is 6.00. The number of hydrogen-bond acceptors (Lipinski definition) is 3. The van der Waals surface area contributed by atoms with Crippen LogP contribution in [0.1, 0.15) is 26.7 Å². The van der Waals surface area contributed by atoms with Gasteiger partial charge < -0.3 is 20.3 Å². The molecule has 1 aliphatic rings. The molecule has 0 saturated carbocycles. The van der Waals surface area contributed by atoms with E-state index in [1.165, 1.54) is 12.1 Å². The van der Waals surface area contributed by atoms with Crippen molar-refractivity contribution in [3.05, 3.63) is 30.1 Å². The quantitative estimate of drug-likeness (QED) is 0.475. The summed E-state index contributed by atoms with van der Waals surface area (Å²) in [6.45, 7) is 7.79. The van der Waals surface area contributed by atoms with E-state index in [0.717, 1.165) is 31.9 Å². The first-order valence-corrected chi connectivity index (χ1v) is 8.68. The Morgan fingerprint density at radius 2 is 2.12 bits per heavy atom. The van der Waals surface area contributed by atoms with Crippen molar-refractivity contribution in [3.63, 3.8) is 0 Å². The second kappa shape index (κ2) is 9.47. The van der Waals surface area contributed by atoms with Crippen LogP contribution in [0.2, 0.25) is 0 Å². The summed E-state index contributed by atoms with van der Waals surface area (Å²) < 4.78 is 18.6. The zero-order valence-electron chi connectivity index (χ0n) is 14.9. The molecular weight excluding hydrogens is 307 g/mol. The molecule has 1 aromatic carbocycles.